The molecule has 0 aliphatic carbocycles. The van der Waals surface area contributed by atoms with Crippen LogP contribution in [0.2, 0.25) is 0 Å². The molecule has 0 unspecified atom stereocenters. The molecule has 2 N–H and O–H groups in total. The molecule has 1 heterocycles. The number of ether oxygens (including phenoxy) is 2. The zero-order valence-electron chi connectivity index (χ0n) is 18.1. The summed E-state index contributed by atoms with van der Waals surface area (Å²) in [6.07, 6.45) is 1.33. The standard InChI is InChI=1S/C23H21BrN2O7/c1-4-32-18-9-14(17(24)10-19(18)33-11-20(27)28)8-16-21(29)25-23(31)26(22(16)30)15-6-12(2)5-13(3)7-15/h5-10H,4,11H2,1-3H3,(H,27,28)(H,25,29,31)/b16-8+. The molecule has 1 aliphatic rings. The number of nitrogens with one attached hydrogen (secondary N) is 1. The number of halogens is 1. The van der Waals surface area contributed by atoms with Gasteiger partial charge in [-0.2, -0.15) is 0 Å². The SMILES string of the molecule is CCOc1cc(/C=C2\C(=O)NC(=O)N(c3cc(C)cc(C)c3)C2=O)c(Br)cc1OCC(=O)O. The zero-order valence-corrected chi connectivity index (χ0v) is 19.7. The van der Waals surface area contributed by atoms with Crippen molar-refractivity contribution >= 4 is 51.5 Å². The fraction of sp³-hybridized carbons (Fsp3) is 0.217. The van der Waals surface area contributed by atoms with Crippen LogP contribution in [0.1, 0.15) is 23.6 Å². The fourth-order valence-electron chi connectivity index (χ4n) is 3.31. The van der Waals surface area contributed by atoms with Gasteiger partial charge in [0, 0.05) is 4.47 Å². The van der Waals surface area contributed by atoms with Gasteiger partial charge in [0.05, 0.1) is 12.3 Å². The molecule has 2 aromatic carbocycles. The van der Waals surface area contributed by atoms with Crippen molar-refractivity contribution < 1.29 is 33.8 Å². The molecule has 0 saturated carbocycles. The first kappa shape index (κ1) is 24.0. The predicted octanol–water partition coefficient (Wildman–Crippen LogP) is 3.59. The lowest BCUT2D eigenvalue weighted by Crippen LogP contribution is -2.54. The van der Waals surface area contributed by atoms with Crippen LogP contribution in [0.3, 0.4) is 0 Å². The van der Waals surface area contributed by atoms with E-state index in [1.54, 1.807) is 19.1 Å². The summed E-state index contributed by atoms with van der Waals surface area (Å²) in [5.74, 6) is -2.34. The maximum absolute atomic E-state index is 13.2. The number of aryl methyl sites for hydroxylation is 2. The first-order valence-electron chi connectivity index (χ1n) is 9.91. The van der Waals surface area contributed by atoms with Crippen LogP contribution < -0.4 is 19.7 Å². The Morgan fingerprint density at radius 1 is 1.06 bits per heavy atom. The third-order valence-corrected chi connectivity index (χ3v) is 5.27. The number of aliphatic carboxylic acids is 1. The smallest absolute Gasteiger partial charge is 0.341 e. The number of rotatable bonds is 7. The lowest BCUT2D eigenvalue weighted by Gasteiger charge is -2.27. The molecule has 33 heavy (non-hydrogen) atoms. The van der Waals surface area contributed by atoms with Crippen molar-refractivity contribution in [3.63, 3.8) is 0 Å². The Morgan fingerprint density at radius 2 is 1.70 bits per heavy atom. The zero-order chi connectivity index (χ0) is 24.3. The van der Waals surface area contributed by atoms with Gasteiger partial charge in [0.1, 0.15) is 5.57 Å². The quantitative estimate of drug-likeness (QED) is 0.425. The monoisotopic (exact) mass is 516 g/mol. The number of nitrogens with zero attached hydrogens (tertiary/aromatic N) is 1. The van der Waals surface area contributed by atoms with Crippen molar-refractivity contribution in [1.29, 1.82) is 0 Å². The third-order valence-electron chi connectivity index (χ3n) is 4.58. The van der Waals surface area contributed by atoms with Crippen LogP contribution in [0.15, 0.2) is 40.4 Å². The molecule has 0 bridgehead atoms. The van der Waals surface area contributed by atoms with Gasteiger partial charge in [-0.1, -0.05) is 22.0 Å². The van der Waals surface area contributed by atoms with Crippen LogP contribution in [-0.4, -0.2) is 42.1 Å². The summed E-state index contributed by atoms with van der Waals surface area (Å²) in [6, 6.07) is 7.41. The molecule has 0 atom stereocenters. The van der Waals surface area contributed by atoms with Gasteiger partial charge >= 0.3 is 12.0 Å². The van der Waals surface area contributed by atoms with Gasteiger partial charge in [-0.05, 0) is 67.8 Å². The van der Waals surface area contributed by atoms with Gasteiger partial charge in [-0.15, -0.1) is 0 Å². The minimum Gasteiger partial charge on any atom is -0.490 e. The molecule has 1 saturated heterocycles. The summed E-state index contributed by atoms with van der Waals surface area (Å²) in [5.41, 5.74) is 2.20. The van der Waals surface area contributed by atoms with Crippen LogP contribution >= 0.6 is 15.9 Å². The molecule has 2 aromatic rings. The predicted molar refractivity (Wildman–Crippen MR) is 123 cm³/mol. The average Bonchev–Trinajstić information content (AvgIpc) is 2.71. The Balaban J connectivity index is 2.04. The highest BCUT2D eigenvalue weighted by Gasteiger charge is 2.37. The number of benzene rings is 2. The highest BCUT2D eigenvalue weighted by molar-refractivity contribution is 9.10. The number of hydrogen-bond donors (Lipinski definition) is 2. The van der Waals surface area contributed by atoms with Crippen LogP contribution in [-0.2, 0) is 14.4 Å². The van der Waals surface area contributed by atoms with E-state index < -0.39 is 30.4 Å². The van der Waals surface area contributed by atoms with Gasteiger partial charge in [0.15, 0.2) is 18.1 Å². The maximum atomic E-state index is 13.2. The number of carbonyl (C=O) groups excluding carboxylic acids is 3. The van der Waals surface area contributed by atoms with E-state index in [9.17, 15) is 19.2 Å². The summed E-state index contributed by atoms with van der Waals surface area (Å²) in [6.45, 7) is 5.12. The molecule has 1 aliphatic heterocycles. The molecule has 0 spiro atoms. The number of carboxylic acids is 1. The van der Waals surface area contributed by atoms with Gasteiger partial charge in [0.2, 0.25) is 0 Å². The van der Waals surface area contributed by atoms with E-state index in [1.165, 1.54) is 18.2 Å². The van der Waals surface area contributed by atoms with Gasteiger partial charge in [-0.3, -0.25) is 14.9 Å². The molecule has 3 rings (SSSR count). The fourth-order valence-corrected chi connectivity index (χ4v) is 3.75. The topological polar surface area (TPSA) is 122 Å². The highest BCUT2D eigenvalue weighted by Crippen LogP contribution is 2.35. The second-order valence-electron chi connectivity index (χ2n) is 7.24. The van der Waals surface area contributed by atoms with E-state index in [-0.39, 0.29) is 23.7 Å². The van der Waals surface area contributed by atoms with E-state index in [0.717, 1.165) is 16.0 Å². The van der Waals surface area contributed by atoms with E-state index in [1.807, 2.05) is 19.9 Å². The highest BCUT2D eigenvalue weighted by atomic mass is 79.9. The first-order chi connectivity index (χ1) is 15.6. The summed E-state index contributed by atoms with van der Waals surface area (Å²) in [7, 11) is 0. The number of hydrogen-bond acceptors (Lipinski definition) is 6. The number of carbonyl (C=O) groups is 4. The molecule has 172 valence electrons. The van der Waals surface area contributed by atoms with Crippen molar-refractivity contribution in [1.82, 2.24) is 5.32 Å². The Hall–Kier alpha value is -3.66. The van der Waals surface area contributed by atoms with Gasteiger partial charge in [-0.25, -0.2) is 14.5 Å². The van der Waals surface area contributed by atoms with Crippen molar-refractivity contribution in [2.45, 2.75) is 20.8 Å². The summed E-state index contributed by atoms with van der Waals surface area (Å²) >= 11 is 3.35. The van der Waals surface area contributed by atoms with Crippen molar-refractivity contribution in [3.8, 4) is 11.5 Å². The Bertz CT molecular complexity index is 1170. The molecule has 0 radical (unpaired) electrons. The second kappa shape index (κ2) is 9.86. The number of urea groups is 1. The lowest BCUT2D eigenvalue weighted by atomic mass is 10.0. The molecule has 4 amide bonds. The Morgan fingerprint density at radius 3 is 2.30 bits per heavy atom. The molecular formula is C23H21BrN2O7. The number of amides is 4. The van der Waals surface area contributed by atoms with Crippen molar-refractivity contribution in [2.24, 2.45) is 0 Å². The summed E-state index contributed by atoms with van der Waals surface area (Å²) < 4.78 is 11.2. The van der Waals surface area contributed by atoms with E-state index in [0.29, 0.717) is 15.7 Å². The number of imide groups is 2. The van der Waals surface area contributed by atoms with Crippen molar-refractivity contribution in [2.75, 3.05) is 18.1 Å². The minimum absolute atomic E-state index is 0.180. The lowest BCUT2D eigenvalue weighted by molar-refractivity contribution is -0.139. The summed E-state index contributed by atoms with van der Waals surface area (Å²) in [5, 5.41) is 11.1. The molecular weight excluding hydrogens is 496 g/mol. The van der Waals surface area contributed by atoms with E-state index in [4.69, 9.17) is 14.6 Å². The van der Waals surface area contributed by atoms with Crippen LogP contribution in [0.4, 0.5) is 10.5 Å². The Labute approximate surface area is 198 Å². The van der Waals surface area contributed by atoms with E-state index >= 15 is 0 Å². The normalized spacial score (nSPS) is 15.0. The molecule has 9 nitrogen and oxygen atoms in total. The van der Waals surface area contributed by atoms with Crippen LogP contribution in [0.25, 0.3) is 6.08 Å². The van der Waals surface area contributed by atoms with E-state index in [2.05, 4.69) is 21.2 Å². The first-order valence-corrected chi connectivity index (χ1v) is 10.7. The molecule has 10 heteroatoms. The number of carboxylic acid groups (broad SMARTS) is 1. The maximum Gasteiger partial charge on any atom is 0.341 e. The summed E-state index contributed by atoms with van der Waals surface area (Å²) in [4.78, 5) is 49.9. The van der Waals surface area contributed by atoms with Crippen molar-refractivity contribution in [3.05, 3.63) is 57.1 Å². The largest absolute Gasteiger partial charge is 0.490 e. The van der Waals surface area contributed by atoms with Crippen LogP contribution in [0.5, 0.6) is 11.5 Å². The second-order valence-corrected chi connectivity index (χ2v) is 8.09. The Kier molecular flexibility index (Phi) is 7.17. The number of barbiturate groups is 1. The third kappa shape index (κ3) is 5.40. The van der Waals surface area contributed by atoms with Crippen LogP contribution in [0, 0.1) is 13.8 Å². The molecule has 0 aromatic heterocycles. The average molecular weight is 517 g/mol. The number of anilines is 1. The van der Waals surface area contributed by atoms with Gasteiger partial charge < -0.3 is 14.6 Å². The molecule has 1 fully saturated rings. The van der Waals surface area contributed by atoms with Gasteiger partial charge in [0.25, 0.3) is 11.8 Å². The minimum atomic E-state index is -1.15.